The molecule has 1 saturated heterocycles. The lowest BCUT2D eigenvalue weighted by atomic mass is 9.90. The van der Waals surface area contributed by atoms with Crippen molar-refractivity contribution in [1.29, 1.82) is 0 Å². The minimum absolute atomic E-state index is 0.179. The molecule has 1 aliphatic heterocycles. The fourth-order valence-corrected chi connectivity index (χ4v) is 3.26. The maximum Gasteiger partial charge on any atom is 0.246 e. The van der Waals surface area contributed by atoms with Gasteiger partial charge in [-0.3, -0.25) is 4.79 Å². The molecule has 0 radical (unpaired) electrons. The van der Waals surface area contributed by atoms with Crippen LogP contribution in [0.3, 0.4) is 0 Å². The van der Waals surface area contributed by atoms with Crippen LogP contribution in [0.4, 0.5) is 5.13 Å². The Balaban J connectivity index is 1.74. The van der Waals surface area contributed by atoms with Crippen LogP contribution in [0.1, 0.15) is 24.0 Å². The predicted molar refractivity (Wildman–Crippen MR) is 92.6 cm³/mol. The number of aryl methyl sites for hydroxylation is 2. The zero-order valence-corrected chi connectivity index (χ0v) is 14.2. The van der Waals surface area contributed by atoms with E-state index in [1.165, 1.54) is 22.5 Å². The molecule has 2 aromatic rings. The number of anilines is 1. The van der Waals surface area contributed by atoms with E-state index < -0.39 is 5.54 Å². The summed E-state index contributed by atoms with van der Waals surface area (Å²) in [5.74, 6) is -0.179. The minimum atomic E-state index is -0.857. The van der Waals surface area contributed by atoms with Crippen molar-refractivity contribution in [2.45, 2.75) is 32.2 Å². The molecule has 0 aliphatic carbocycles. The van der Waals surface area contributed by atoms with Crippen molar-refractivity contribution in [2.75, 3.05) is 18.5 Å². The number of ether oxygens (including phenoxy) is 1. The van der Waals surface area contributed by atoms with Gasteiger partial charge in [-0.05, 0) is 43.9 Å². The molecule has 3 rings (SSSR count). The summed E-state index contributed by atoms with van der Waals surface area (Å²) < 4.78 is 5.28. The minimum Gasteiger partial charge on any atom is -0.381 e. The van der Waals surface area contributed by atoms with Crippen molar-refractivity contribution in [1.82, 2.24) is 4.98 Å². The number of benzene rings is 1. The standard InChI is InChI=1S/C17H21N3O2S/c1-11-3-4-13(9-12(11)2)14-10-23-16(19-14)20-15(21)17(18)5-7-22-8-6-17/h3-4,9-10H,5-8,18H2,1-2H3,(H,19,20,21). The molecule has 0 bridgehead atoms. The summed E-state index contributed by atoms with van der Waals surface area (Å²) in [4.78, 5) is 16.9. The highest BCUT2D eigenvalue weighted by molar-refractivity contribution is 7.14. The van der Waals surface area contributed by atoms with Gasteiger partial charge in [-0.15, -0.1) is 11.3 Å². The van der Waals surface area contributed by atoms with E-state index in [4.69, 9.17) is 10.5 Å². The van der Waals surface area contributed by atoms with Crippen LogP contribution in [0, 0.1) is 13.8 Å². The van der Waals surface area contributed by atoms with Crippen molar-refractivity contribution in [3.63, 3.8) is 0 Å². The summed E-state index contributed by atoms with van der Waals surface area (Å²) in [6.45, 7) is 5.21. The Morgan fingerprint density at radius 3 is 2.74 bits per heavy atom. The smallest absolute Gasteiger partial charge is 0.246 e. The number of nitrogens with zero attached hydrogens (tertiary/aromatic N) is 1. The summed E-state index contributed by atoms with van der Waals surface area (Å²) in [6.07, 6.45) is 1.07. The number of thiazole rings is 1. The van der Waals surface area contributed by atoms with Gasteiger partial charge in [0.2, 0.25) is 5.91 Å². The van der Waals surface area contributed by atoms with E-state index in [-0.39, 0.29) is 5.91 Å². The molecule has 5 nitrogen and oxygen atoms in total. The maximum atomic E-state index is 12.4. The molecule has 0 atom stereocenters. The van der Waals surface area contributed by atoms with Crippen LogP contribution in [-0.2, 0) is 9.53 Å². The molecule has 0 unspecified atom stereocenters. The number of carbonyl (C=O) groups is 1. The first-order chi connectivity index (χ1) is 11.0. The Kier molecular flexibility index (Phi) is 4.48. The van der Waals surface area contributed by atoms with Crippen molar-refractivity contribution < 1.29 is 9.53 Å². The molecule has 3 N–H and O–H groups in total. The Morgan fingerprint density at radius 2 is 2.04 bits per heavy atom. The first-order valence-electron chi connectivity index (χ1n) is 7.69. The van der Waals surface area contributed by atoms with Crippen molar-refractivity contribution in [3.8, 4) is 11.3 Å². The number of nitrogens with one attached hydrogen (secondary N) is 1. The Morgan fingerprint density at radius 1 is 1.30 bits per heavy atom. The monoisotopic (exact) mass is 331 g/mol. The summed E-state index contributed by atoms with van der Waals surface area (Å²) in [6, 6.07) is 6.24. The van der Waals surface area contributed by atoms with Crippen LogP contribution >= 0.6 is 11.3 Å². The molecule has 2 heterocycles. The number of aromatic nitrogens is 1. The predicted octanol–water partition coefficient (Wildman–Crippen LogP) is 2.87. The normalized spacial score (nSPS) is 17.0. The van der Waals surface area contributed by atoms with Crippen LogP contribution in [0.2, 0.25) is 0 Å². The van der Waals surface area contributed by atoms with Gasteiger partial charge >= 0.3 is 0 Å². The van der Waals surface area contributed by atoms with E-state index in [0.29, 0.717) is 31.2 Å². The van der Waals surface area contributed by atoms with Crippen LogP contribution in [0.15, 0.2) is 23.6 Å². The molecular weight excluding hydrogens is 310 g/mol. The second-order valence-electron chi connectivity index (χ2n) is 6.06. The highest BCUT2D eigenvalue weighted by Crippen LogP contribution is 2.27. The van der Waals surface area contributed by atoms with E-state index in [9.17, 15) is 4.79 Å². The Labute approximate surface area is 139 Å². The molecular formula is C17H21N3O2S. The maximum absolute atomic E-state index is 12.4. The fraction of sp³-hybridized carbons (Fsp3) is 0.412. The van der Waals surface area contributed by atoms with E-state index in [0.717, 1.165) is 11.3 Å². The number of carbonyl (C=O) groups excluding carboxylic acids is 1. The first-order valence-corrected chi connectivity index (χ1v) is 8.57. The lowest BCUT2D eigenvalue weighted by molar-refractivity contribution is -0.124. The van der Waals surface area contributed by atoms with Crippen molar-refractivity contribution in [3.05, 3.63) is 34.7 Å². The third-order valence-electron chi connectivity index (χ3n) is 4.36. The van der Waals surface area contributed by atoms with Gasteiger partial charge in [0.05, 0.1) is 5.69 Å². The summed E-state index contributed by atoms with van der Waals surface area (Å²) in [5.41, 5.74) is 9.73. The molecule has 1 amide bonds. The summed E-state index contributed by atoms with van der Waals surface area (Å²) >= 11 is 1.42. The van der Waals surface area contributed by atoms with E-state index >= 15 is 0 Å². The van der Waals surface area contributed by atoms with Gasteiger partial charge in [0.1, 0.15) is 5.54 Å². The molecule has 1 aromatic carbocycles. The molecule has 1 aliphatic rings. The number of rotatable bonds is 3. The molecule has 23 heavy (non-hydrogen) atoms. The van der Waals surface area contributed by atoms with E-state index in [1.807, 2.05) is 11.4 Å². The SMILES string of the molecule is Cc1ccc(-c2csc(NC(=O)C3(N)CCOCC3)n2)cc1C. The highest BCUT2D eigenvalue weighted by Gasteiger charge is 2.36. The van der Waals surface area contributed by atoms with Crippen molar-refractivity contribution in [2.24, 2.45) is 5.73 Å². The molecule has 6 heteroatoms. The third kappa shape index (κ3) is 3.44. The Hall–Kier alpha value is -1.76. The molecule has 122 valence electrons. The van der Waals surface area contributed by atoms with Gasteiger partial charge in [-0.2, -0.15) is 0 Å². The van der Waals surface area contributed by atoms with Gasteiger partial charge in [-0.25, -0.2) is 4.98 Å². The van der Waals surface area contributed by atoms with Crippen LogP contribution in [-0.4, -0.2) is 29.6 Å². The summed E-state index contributed by atoms with van der Waals surface area (Å²) in [7, 11) is 0. The lowest BCUT2D eigenvalue weighted by Gasteiger charge is -2.31. The molecule has 0 spiro atoms. The van der Waals surface area contributed by atoms with Crippen LogP contribution < -0.4 is 11.1 Å². The van der Waals surface area contributed by atoms with Crippen LogP contribution in [0.5, 0.6) is 0 Å². The van der Waals surface area contributed by atoms with Gasteiger partial charge in [0.15, 0.2) is 5.13 Å². The second-order valence-corrected chi connectivity index (χ2v) is 6.92. The van der Waals surface area contributed by atoms with E-state index in [2.05, 4.69) is 36.3 Å². The van der Waals surface area contributed by atoms with Gasteiger partial charge in [0, 0.05) is 24.2 Å². The molecule has 1 aromatic heterocycles. The average molecular weight is 331 g/mol. The zero-order valence-electron chi connectivity index (χ0n) is 13.4. The lowest BCUT2D eigenvalue weighted by Crippen LogP contribution is -2.54. The van der Waals surface area contributed by atoms with E-state index in [1.54, 1.807) is 0 Å². The quantitative estimate of drug-likeness (QED) is 0.906. The van der Waals surface area contributed by atoms with Gasteiger partial charge in [0.25, 0.3) is 0 Å². The number of hydrogen-bond acceptors (Lipinski definition) is 5. The van der Waals surface area contributed by atoms with Crippen molar-refractivity contribution >= 4 is 22.4 Å². The topological polar surface area (TPSA) is 77.2 Å². The number of amides is 1. The zero-order chi connectivity index (χ0) is 16.4. The van der Waals surface area contributed by atoms with Gasteiger partial charge in [-0.1, -0.05) is 12.1 Å². The number of hydrogen-bond donors (Lipinski definition) is 2. The average Bonchev–Trinajstić information content (AvgIpc) is 2.99. The Bertz CT molecular complexity index is 720. The second kappa shape index (κ2) is 6.39. The fourth-order valence-electron chi connectivity index (χ4n) is 2.55. The third-order valence-corrected chi connectivity index (χ3v) is 5.12. The molecule has 0 saturated carbocycles. The van der Waals surface area contributed by atoms with Gasteiger partial charge < -0.3 is 15.8 Å². The van der Waals surface area contributed by atoms with Crippen LogP contribution in [0.25, 0.3) is 11.3 Å². The highest BCUT2D eigenvalue weighted by atomic mass is 32.1. The largest absolute Gasteiger partial charge is 0.381 e. The first kappa shape index (κ1) is 16.1. The summed E-state index contributed by atoms with van der Waals surface area (Å²) in [5, 5.41) is 5.39. The molecule has 1 fully saturated rings. The number of nitrogens with two attached hydrogens (primary N) is 1.